The molecule has 0 aromatic heterocycles. The van der Waals surface area contributed by atoms with Gasteiger partial charge in [0.05, 0.1) is 6.42 Å². The number of hydrogen-bond acceptors (Lipinski definition) is 5. The standard InChI is InChI=1S/C17H27O.C4H6O7S.K/c1-3-4-5-6-7-8-10-13-16(2)18-17-14-11-9-12-15-17;5-3(6)1-2(4(7)8)12(9,10)11;/h9,11-12,14-16H,2-8,10,13H2,1H3;2H,1H2,(H,5,6)(H,7,8)(H,9,10,11);. The maximum absolute atomic E-state index is 10.2. The molecule has 31 heavy (non-hydrogen) atoms. The monoisotopic (exact) mass is 484 g/mol. The first kappa shape index (κ1) is 30.5. The predicted octanol–water partition coefficient (Wildman–Crippen LogP) is 3.96. The quantitative estimate of drug-likeness (QED) is 0.193. The molecule has 1 aromatic carbocycles. The van der Waals surface area contributed by atoms with Crippen LogP contribution in [0, 0.1) is 0 Å². The van der Waals surface area contributed by atoms with Crippen LogP contribution in [0.3, 0.4) is 0 Å². The van der Waals surface area contributed by atoms with E-state index in [4.69, 9.17) is 19.5 Å². The molecule has 3 N–H and O–H groups in total. The molecule has 0 fully saturated rings. The Labute approximate surface area is 219 Å². The van der Waals surface area contributed by atoms with E-state index in [2.05, 4.69) is 31.2 Å². The molecular formula is C21H33KO8S. The molecule has 2 atom stereocenters. The fourth-order valence-corrected chi connectivity index (χ4v) is 4.35. The fraction of sp³-hybridized carbons (Fsp3) is 0.619. The van der Waals surface area contributed by atoms with Crippen LogP contribution in [0.1, 0.15) is 64.7 Å². The summed E-state index contributed by atoms with van der Waals surface area (Å²) in [6.45, 7) is 2.28. The van der Waals surface area contributed by atoms with Crippen LogP contribution in [0.4, 0.5) is 0 Å². The maximum atomic E-state index is 10.2. The molecule has 2 unspecified atom stereocenters. The number of unbranched alkanes of at least 4 members (excludes halogenated alkanes) is 6. The summed E-state index contributed by atoms with van der Waals surface area (Å²) in [7, 11) is -4.84. The van der Waals surface area contributed by atoms with Crippen LogP contribution in [-0.2, 0) is 19.7 Å². The van der Waals surface area contributed by atoms with Gasteiger partial charge in [-0.25, -0.2) is 0 Å². The van der Waals surface area contributed by atoms with E-state index in [9.17, 15) is 18.0 Å². The summed E-state index contributed by atoms with van der Waals surface area (Å²) in [6, 6.07) is 10.3. The zero-order chi connectivity index (χ0) is 23.7. The third-order valence-corrected chi connectivity index (χ3v) is 7.14. The number of para-hydroxylation sites is 1. The van der Waals surface area contributed by atoms with Crippen molar-refractivity contribution < 1.29 is 37.5 Å². The van der Waals surface area contributed by atoms with Crippen molar-refractivity contribution in [1.29, 1.82) is 0 Å². The SMILES string of the molecule is CCCCCCCCCC([CH2][K])Oc1ccccc1.O=C(O)CC(C(=O)O)S(=O)(=O)O. The number of carboxylic acid groups (broad SMARTS) is 2. The predicted molar refractivity (Wildman–Crippen MR) is 119 cm³/mol. The Bertz CT molecular complexity index is 724. The van der Waals surface area contributed by atoms with E-state index in [-0.39, 0.29) is 0 Å². The van der Waals surface area contributed by atoms with Gasteiger partial charge >= 0.3 is 167 Å². The van der Waals surface area contributed by atoms with Crippen molar-refractivity contribution in [2.75, 3.05) is 0 Å². The van der Waals surface area contributed by atoms with E-state index in [0.29, 0.717) is 6.10 Å². The van der Waals surface area contributed by atoms with E-state index < -0.39 is 33.7 Å². The first-order valence-corrected chi connectivity index (χ1v) is 14.5. The number of ether oxygens (including phenoxy) is 1. The molecule has 8 nitrogen and oxygen atoms in total. The topological polar surface area (TPSA) is 138 Å². The average Bonchev–Trinajstić information content (AvgIpc) is 2.70. The summed E-state index contributed by atoms with van der Waals surface area (Å²) in [5.74, 6) is -2.46. The van der Waals surface area contributed by atoms with Gasteiger partial charge in [-0.05, 0) is 0 Å². The van der Waals surface area contributed by atoms with Gasteiger partial charge in [-0.2, -0.15) is 8.42 Å². The zero-order valence-electron chi connectivity index (χ0n) is 18.4. The number of rotatable bonds is 15. The zero-order valence-corrected chi connectivity index (χ0v) is 22.3. The van der Waals surface area contributed by atoms with Crippen LogP contribution in [0.15, 0.2) is 30.3 Å². The molecule has 1 aromatic rings. The minimum Gasteiger partial charge on any atom is -0.481 e. The van der Waals surface area contributed by atoms with Crippen LogP contribution in [0.5, 0.6) is 5.75 Å². The molecule has 0 aliphatic rings. The Morgan fingerprint density at radius 2 is 1.55 bits per heavy atom. The second kappa shape index (κ2) is 18.0. The summed E-state index contributed by atoms with van der Waals surface area (Å²) >= 11 is 0.883. The minimum atomic E-state index is -4.84. The third-order valence-electron chi connectivity index (χ3n) is 4.63. The van der Waals surface area contributed by atoms with Gasteiger partial charge in [0, 0.05) is 0 Å². The van der Waals surface area contributed by atoms with E-state index in [1.807, 2.05) is 6.07 Å². The molecule has 0 radical (unpaired) electrons. The van der Waals surface area contributed by atoms with Gasteiger partial charge in [0.25, 0.3) is 10.1 Å². The molecule has 0 amide bonds. The van der Waals surface area contributed by atoms with Crippen molar-refractivity contribution >= 4 is 71.0 Å². The van der Waals surface area contributed by atoms with Gasteiger partial charge in [-0.3, -0.25) is 14.1 Å². The summed E-state index contributed by atoms with van der Waals surface area (Å²) in [5.41, 5.74) is 0. The van der Waals surface area contributed by atoms with Gasteiger partial charge in [-0.15, -0.1) is 0 Å². The van der Waals surface area contributed by atoms with Crippen molar-refractivity contribution in [2.45, 2.75) is 76.6 Å². The van der Waals surface area contributed by atoms with E-state index in [0.717, 1.165) is 54.7 Å². The van der Waals surface area contributed by atoms with E-state index in [1.54, 1.807) is 0 Å². The van der Waals surface area contributed by atoms with Gasteiger partial charge < -0.3 is 10.2 Å². The van der Waals surface area contributed by atoms with Crippen LogP contribution < -0.4 is 4.74 Å². The fourth-order valence-electron chi connectivity index (χ4n) is 2.85. The first-order chi connectivity index (χ1) is 14.6. The summed E-state index contributed by atoms with van der Waals surface area (Å²) in [5, 5.41) is 13.9. The second-order valence-corrected chi connectivity index (χ2v) is 10.2. The molecule has 0 saturated carbocycles. The molecule has 10 heteroatoms. The van der Waals surface area contributed by atoms with Gasteiger partial charge in [0.1, 0.15) is 0 Å². The Kier molecular flexibility index (Phi) is 17.7. The Morgan fingerprint density at radius 1 is 1.00 bits per heavy atom. The molecule has 0 saturated heterocycles. The number of benzene rings is 1. The largest absolute Gasteiger partial charge is 0.481 e. The van der Waals surface area contributed by atoms with Crippen molar-refractivity contribution in [1.82, 2.24) is 0 Å². The molecule has 0 aliphatic heterocycles. The van der Waals surface area contributed by atoms with Crippen molar-refractivity contribution in [2.24, 2.45) is 0 Å². The summed E-state index contributed by atoms with van der Waals surface area (Å²) < 4.78 is 36.0. The number of hydrogen-bond donors (Lipinski definition) is 3. The summed E-state index contributed by atoms with van der Waals surface area (Å²) in [6.07, 6.45) is 10.3. The van der Waals surface area contributed by atoms with Crippen molar-refractivity contribution in [3.63, 3.8) is 0 Å². The normalized spacial score (nSPS) is 12.9. The van der Waals surface area contributed by atoms with Gasteiger partial charge in [0.15, 0.2) is 5.25 Å². The van der Waals surface area contributed by atoms with Crippen LogP contribution in [0.25, 0.3) is 0 Å². The summed E-state index contributed by atoms with van der Waals surface area (Å²) in [4.78, 5) is 20.0. The molecular weight excluding hydrogens is 451 g/mol. The number of carbonyl (C=O) groups is 2. The maximum Gasteiger partial charge on any atom is 0.325 e. The number of aliphatic carboxylic acids is 2. The van der Waals surface area contributed by atoms with E-state index in [1.165, 1.54) is 51.9 Å². The smallest absolute Gasteiger partial charge is 0.325 e. The Morgan fingerprint density at radius 3 is 1.97 bits per heavy atom. The van der Waals surface area contributed by atoms with Crippen LogP contribution in [-0.4, -0.2) is 95.4 Å². The van der Waals surface area contributed by atoms with Crippen molar-refractivity contribution in [3.8, 4) is 5.75 Å². The molecule has 0 aliphatic carbocycles. The van der Waals surface area contributed by atoms with Crippen LogP contribution >= 0.6 is 0 Å². The Hall–Kier alpha value is -0.494. The first-order valence-electron chi connectivity index (χ1n) is 10.7. The van der Waals surface area contributed by atoms with Gasteiger partial charge in [-0.1, -0.05) is 0 Å². The Balaban J connectivity index is 0.000000649. The second-order valence-electron chi connectivity index (χ2n) is 7.31. The van der Waals surface area contributed by atoms with Crippen molar-refractivity contribution in [3.05, 3.63) is 30.3 Å². The molecule has 0 heterocycles. The average molecular weight is 485 g/mol. The molecule has 1 rings (SSSR count). The molecule has 172 valence electrons. The third kappa shape index (κ3) is 16.8. The molecule has 0 spiro atoms. The number of carboxylic acids is 2. The van der Waals surface area contributed by atoms with E-state index >= 15 is 0 Å². The van der Waals surface area contributed by atoms with Gasteiger partial charge in [0.2, 0.25) is 0 Å². The molecule has 0 bridgehead atoms. The minimum absolute atomic E-state index is 0.470. The van der Waals surface area contributed by atoms with Crippen LogP contribution in [0.2, 0.25) is 0.515 Å².